The van der Waals surface area contributed by atoms with E-state index in [0.717, 1.165) is 6.42 Å². The van der Waals surface area contributed by atoms with Gasteiger partial charge in [0.25, 0.3) is 0 Å². The normalized spacial score (nSPS) is 15.0. The van der Waals surface area contributed by atoms with Gasteiger partial charge < -0.3 is 4.11 Å². The Morgan fingerprint density at radius 3 is 2.09 bits per heavy atom. The van der Waals surface area contributed by atoms with E-state index in [4.69, 9.17) is 0 Å². The smallest absolute Gasteiger partial charge is 0.241 e. The summed E-state index contributed by atoms with van der Waals surface area (Å²) < 4.78 is 24.2. The molecule has 4 heteroatoms. The average Bonchev–Trinajstić information content (AvgIpc) is 1.55. The fourth-order valence-corrected chi connectivity index (χ4v) is 3.11. The van der Waals surface area contributed by atoms with Gasteiger partial charge in [-0.2, -0.15) is 0 Å². The Morgan fingerprint density at radius 2 is 1.82 bits per heavy atom. The van der Waals surface area contributed by atoms with Crippen molar-refractivity contribution in [2.75, 3.05) is 18.3 Å². The zero-order chi connectivity index (χ0) is 9.12. The topological polar surface area (TPSA) is 17.1 Å². The summed E-state index contributed by atoms with van der Waals surface area (Å²) >= 11 is 0. The number of hydrogen-bond donors (Lipinski definition) is 1. The molecule has 0 rings (SSSR count). The summed E-state index contributed by atoms with van der Waals surface area (Å²) in [5.74, 6) is 0.702. The second-order valence-corrected chi connectivity index (χ2v) is 11.7. The lowest BCUT2D eigenvalue weighted by Gasteiger charge is -2.14. The third kappa shape index (κ3) is 10.3. The van der Waals surface area contributed by atoms with E-state index in [-0.39, 0.29) is 0 Å². The number of hydrogen-bond acceptors (Lipinski definition) is 1. The molecule has 0 saturated heterocycles. The molecule has 0 bridgehead atoms. The van der Waals surface area contributed by atoms with Crippen LogP contribution in [0.15, 0.2) is 0 Å². The molecular weight excluding hydrogens is 179 g/mol. The molecule has 0 radical (unpaired) electrons. The first kappa shape index (κ1) is 11.3. The van der Waals surface area contributed by atoms with Crippen molar-refractivity contribution >= 4 is 18.3 Å². The summed E-state index contributed by atoms with van der Waals surface area (Å²) in [5, 5.41) is 0. The zero-order valence-corrected chi connectivity index (χ0v) is 9.75. The molecule has 0 aliphatic carbocycles. The first-order chi connectivity index (χ1) is 4.71. The van der Waals surface area contributed by atoms with Crippen LogP contribution in [0.3, 0.4) is 0 Å². The van der Waals surface area contributed by atoms with E-state index in [1.807, 2.05) is 0 Å². The van der Waals surface area contributed by atoms with E-state index in [0.29, 0.717) is 11.8 Å². The van der Waals surface area contributed by atoms with Crippen molar-refractivity contribution in [3.63, 3.8) is 0 Å². The lowest BCUT2D eigenvalue weighted by atomic mass is 10.6. The third-order valence-electron chi connectivity index (χ3n) is 1.47. The monoisotopic (exact) mass is 198 g/mol. The minimum atomic E-state index is -2.38. The van der Waals surface area contributed by atoms with Crippen molar-refractivity contribution in [1.29, 1.82) is 0 Å². The summed E-state index contributed by atoms with van der Waals surface area (Å²) in [6, 6.07) is 0.651. The molecule has 0 unspecified atom stereocenters. The van der Waals surface area contributed by atoms with E-state index in [1.54, 1.807) is 25.6 Å². The molecule has 0 aromatic heterocycles. The number of thiol groups is 1. The molecule has 0 aliphatic heterocycles. The molecule has 0 heterocycles. The van der Waals surface area contributed by atoms with E-state index < -0.39 is 18.3 Å². The maximum absolute atomic E-state index is 13.0. The Balaban J connectivity index is 3.52. The Hall–Kier alpha value is 0.297. The molecule has 0 aromatic carbocycles. The van der Waals surface area contributed by atoms with Crippen LogP contribution < -0.4 is 0 Å². The summed E-state index contributed by atoms with van der Waals surface area (Å²) in [6.07, 6.45) is 4.32. The predicted octanol–water partition coefficient (Wildman–Crippen LogP) is 1.83. The average molecular weight is 198 g/mol. The van der Waals surface area contributed by atoms with Crippen LogP contribution in [-0.2, 0) is 9.93 Å². The second kappa shape index (κ2) is 3.80. The van der Waals surface area contributed by atoms with Crippen LogP contribution in [0.25, 0.3) is 0 Å². The highest BCUT2D eigenvalue weighted by atomic mass is 32.2. The van der Waals surface area contributed by atoms with E-state index in [2.05, 4.69) is 0 Å². The summed E-state index contributed by atoms with van der Waals surface area (Å²) in [6.45, 7) is 3.40. The van der Waals surface area contributed by atoms with Gasteiger partial charge >= 0.3 is 0 Å². The van der Waals surface area contributed by atoms with Crippen molar-refractivity contribution in [3.05, 3.63) is 0 Å². The van der Waals surface area contributed by atoms with Gasteiger partial charge in [-0.05, 0) is 38.1 Å². The summed E-state index contributed by atoms with van der Waals surface area (Å²) in [5.41, 5.74) is 0. The van der Waals surface area contributed by atoms with Crippen LogP contribution in [-0.4, -0.2) is 30.9 Å². The van der Waals surface area contributed by atoms with Crippen LogP contribution in [0, 0.1) is 0 Å². The molecule has 1 nitrogen and oxygen atoms in total. The van der Waals surface area contributed by atoms with Gasteiger partial charge in [0.15, 0.2) is 0 Å². The van der Waals surface area contributed by atoms with Gasteiger partial charge in [0.05, 0.1) is 0 Å². The molecule has 0 aromatic rings. The lowest BCUT2D eigenvalue weighted by molar-refractivity contribution is 0.676. The molecule has 0 N–H and O–H groups in total. The lowest BCUT2D eigenvalue weighted by Crippen LogP contribution is -2.20. The van der Waals surface area contributed by atoms with Crippen LogP contribution in [0.1, 0.15) is 6.42 Å². The molecular formula is C7H19FOSSi. The Labute approximate surface area is 71.0 Å². The highest BCUT2D eigenvalue weighted by molar-refractivity contribution is 8.01. The van der Waals surface area contributed by atoms with E-state index in [9.17, 15) is 8.32 Å². The fraction of sp³-hybridized carbons (Fsp3) is 1.00. The van der Waals surface area contributed by atoms with E-state index in [1.165, 1.54) is 0 Å². The molecule has 0 aliphatic rings. The van der Waals surface area contributed by atoms with E-state index >= 15 is 0 Å². The molecule has 0 fully saturated rings. The van der Waals surface area contributed by atoms with Gasteiger partial charge in [-0.15, -0.1) is 9.93 Å². The van der Waals surface area contributed by atoms with Crippen LogP contribution in [0.5, 0.6) is 0 Å². The van der Waals surface area contributed by atoms with Gasteiger partial charge in [-0.3, -0.25) is 4.21 Å². The Bertz CT molecular complexity index is 158. The highest BCUT2D eigenvalue weighted by Gasteiger charge is 2.19. The Morgan fingerprint density at radius 1 is 1.36 bits per heavy atom. The Kier molecular flexibility index (Phi) is 3.91. The maximum atomic E-state index is 13.0. The van der Waals surface area contributed by atoms with Crippen LogP contribution >= 0.6 is 0 Å². The van der Waals surface area contributed by atoms with Gasteiger partial charge in [-0.25, -0.2) is 0 Å². The summed E-state index contributed by atoms with van der Waals surface area (Å²) in [7, 11) is -4.27. The fourth-order valence-electron chi connectivity index (χ4n) is 0.880. The first-order valence-corrected chi connectivity index (χ1v) is 9.81. The molecule has 0 amide bonds. The van der Waals surface area contributed by atoms with Crippen molar-refractivity contribution in [3.8, 4) is 0 Å². The van der Waals surface area contributed by atoms with Crippen molar-refractivity contribution in [2.45, 2.75) is 25.6 Å². The minimum absolute atomic E-state index is 0.651. The highest BCUT2D eigenvalue weighted by Crippen LogP contribution is 2.14. The SMILES string of the molecule is C[Si](C)(F)CCC[SH](C)(C)=O. The molecule has 0 atom stereocenters. The number of halogens is 1. The summed E-state index contributed by atoms with van der Waals surface area (Å²) in [4.78, 5) is 0. The largest absolute Gasteiger partial charge is 0.314 e. The van der Waals surface area contributed by atoms with Crippen LogP contribution in [0.4, 0.5) is 4.11 Å². The standard InChI is InChI=1S/C7H19FOSSi/c1-10(2,9)6-5-7-11(3,4)8/h10H,5-7H2,1-4H3. The number of rotatable bonds is 4. The minimum Gasteiger partial charge on any atom is -0.314 e. The van der Waals surface area contributed by atoms with Gasteiger partial charge in [0, 0.05) is 5.75 Å². The van der Waals surface area contributed by atoms with Crippen molar-refractivity contribution < 1.29 is 8.32 Å². The third-order valence-corrected chi connectivity index (χ3v) is 4.40. The zero-order valence-electron chi connectivity index (χ0n) is 7.85. The van der Waals surface area contributed by atoms with Crippen molar-refractivity contribution in [2.24, 2.45) is 0 Å². The van der Waals surface area contributed by atoms with Crippen molar-refractivity contribution in [1.82, 2.24) is 0 Å². The maximum Gasteiger partial charge on any atom is 0.241 e. The van der Waals surface area contributed by atoms with Gasteiger partial charge in [0.2, 0.25) is 8.41 Å². The predicted molar refractivity (Wildman–Crippen MR) is 54.3 cm³/mol. The van der Waals surface area contributed by atoms with Gasteiger partial charge in [0.1, 0.15) is 0 Å². The second-order valence-electron chi connectivity index (χ2n) is 4.12. The first-order valence-electron chi connectivity index (χ1n) is 3.94. The van der Waals surface area contributed by atoms with Crippen LogP contribution in [0.2, 0.25) is 19.1 Å². The molecule has 0 spiro atoms. The quantitative estimate of drug-likeness (QED) is 0.414. The molecule has 0 saturated carbocycles. The molecule has 70 valence electrons. The van der Waals surface area contributed by atoms with Gasteiger partial charge in [-0.1, -0.05) is 0 Å². The molecule has 11 heavy (non-hydrogen) atoms.